The third-order valence-electron chi connectivity index (χ3n) is 1.66. The van der Waals surface area contributed by atoms with E-state index in [1.54, 1.807) is 6.92 Å². The summed E-state index contributed by atoms with van der Waals surface area (Å²) in [4.78, 5) is 37.2. The van der Waals surface area contributed by atoms with Crippen LogP contribution in [-0.2, 0) is 0 Å². The SMILES string of the molecule is C[C@H](CO)NC(=O)c1cc(=O)[nH]c(=O)[nH]1. The van der Waals surface area contributed by atoms with Gasteiger partial charge in [-0.3, -0.25) is 14.6 Å². The van der Waals surface area contributed by atoms with Gasteiger partial charge in [-0.2, -0.15) is 0 Å². The number of aliphatic hydroxyl groups is 1. The molecular weight excluding hydrogens is 202 g/mol. The molecule has 0 aromatic carbocycles. The van der Waals surface area contributed by atoms with E-state index in [2.05, 4.69) is 10.3 Å². The van der Waals surface area contributed by atoms with Crippen LogP contribution in [0.2, 0.25) is 0 Å². The highest BCUT2D eigenvalue weighted by Gasteiger charge is 2.10. The van der Waals surface area contributed by atoms with Crippen LogP contribution >= 0.6 is 0 Å². The van der Waals surface area contributed by atoms with Crippen LogP contribution in [0.5, 0.6) is 0 Å². The molecule has 0 spiro atoms. The Hall–Kier alpha value is -1.89. The maximum absolute atomic E-state index is 11.4. The summed E-state index contributed by atoms with van der Waals surface area (Å²) >= 11 is 0. The van der Waals surface area contributed by atoms with Crippen LogP contribution in [0.25, 0.3) is 0 Å². The van der Waals surface area contributed by atoms with Gasteiger partial charge in [0.05, 0.1) is 6.61 Å². The smallest absolute Gasteiger partial charge is 0.326 e. The molecule has 1 rings (SSSR count). The number of nitrogens with one attached hydrogen (secondary N) is 3. The van der Waals surface area contributed by atoms with E-state index < -0.39 is 23.2 Å². The van der Waals surface area contributed by atoms with Crippen molar-refractivity contribution in [3.63, 3.8) is 0 Å². The van der Waals surface area contributed by atoms with Gasteiger partial charge in [-0.05, 0) is 6.92 Å². The Morgan fingerprint density at radius 1 is 1.53 bits per heavy atom. The van der Waals surface area contributed by atoms with Gasteiger partial charge in [-0.1, -0.05) is 0 Å². The van der Waals surface area contributed by atoms with Gasteiger partial charge in [-0.25, -0.2) is 4.79 Å². The summed E-state index contributed by atoms with van der Waals surface area (Å²) in [6.45, 7) is 1.36. The molecule has 0 saturated carbocycles. The van der Waals surface area contributed by atoms with E-state index in [0.717, 1.165) is 6.07 Å². The highest BCUT2D eigenvalue weighted by molar-refractivity contribution is 5.92. The number of amides is 1. The minimum atomic E-state index is -0.746. The molecule has 0 saturated heterocycles. The van der Waals surface area contributed by atoms with Crippen molar-refractivity contribution in [1.82, 2.24) is 15.3 Å². The molecule has 7 heteroatoms. The standard InChI is InChI=1S/C8H11N3O4/c1-4(3-12)9-7(14)5-2-6(13)11-8(15)10-5/h2,4,12H,3H2,1H3,(H,9,14)(H2,10,11,13,15)/t4-/m1/s1. The number of aromatic nitrogens is 2. The van der Waals surface area contributed by atoms with Gasteiger partial charge in [0.1, 0.15) is 5.69 Å². The van der Waals surface area contributed by atoms with Crippen LogP contribution in [0.4, 0.5) is 0 Å². The zero-order chi connectivity index (χ0) is 11.4. The monoisotopic (exact) mass is 213 g/mol. The predicted octanol–water partition coefficient (Wildman–Crippen LogP) is -1.83. The molecule has 1 aromatic rings. The third-order valence-corrected chi connectivity index (χ3v) is 1.66. The van der Waals surface area contributed by atoms with Crippen molar-refractivity contribution >= 4 is 5.91 Å². The summed E-state index contributed by atoms with van der Waals surface area (Å²) in [6, 6.07) is 0.529. The Bertz CT molecular complexity index is 433. The Labute approximate surface area is 84.2 Å². The second-order valence-corrected chi connectivity index (χ2v) is 3.06. The van der Waals surface area contributed by atoms with Crippen molar-refractivity contribution in [2.45, 2.75) is 13.0 Å². The van der Waals surface area contributed by atoms with Gasteiger partial charge in [0.2, 0.25) is 0 Å². The van der Waals surface area contributed by atoms with Crippen LogP contribution in [0.1, 0.15) is 17.4 Å². The van der Waals surface area contributed by atoms with Gasteiger partial charge < -0.3 is 15.4 Å². The fourth-order valence-corrected chi connectivity index (χ4v) is 0.938. The van der Waals surface area contributed by atoms with Crippen molar-refractivity contribution in [3.05, 3.63) is 32.6 Å². The number of rotatable bonds is 3. The number of aliphatic hydroxyl groups excluding tert-OH is 1. The minimum absolute atomic E-state index is 0.135. The number of aromatic amines is 2. The predicted molar refractivity (Wildman–Crippen MR) is 51.7 cm³/mol. The van der Waals surface area contributed by atoms with Crippen LogP contribution < -0.4 is 16.6 Å². The van der Waals surface area contributed by atoms with Crippen LogP contribution in [-0.4, -0.2) is 33.6 Å². The zero-order valence-corrected chi connectivity index (χ0v) is 8.03. The number of carbonyl (C=O) groups is 1. The molecule has 0 unspecified atom stereocenters. The first kappa shape index (κ1) is 11.2. The minimum Gasteiger partial charge on any atom is -0.394 e. The van der Waals surface area contributed by atoms with E-state index in [9.17, 15) is 14.4 Å². The number of hydrogen-bond donors (Lipinski definition) is 4. The van der Waals surface area contributed by atoms with Crippen molar-refractivity contribution in [1.29, 1.82) is 0 Å². The van der Waals surface area contributed by atoms with Crippen molar-refractivity contribution in [2.75, 3.05) is 6.61 Å². The maximum Gasteiger partial charge on any atom is 0.326 e. The maximum atomic E-state index is 11.4. The summed E-state index contributed by atoms with van der Waals surface area (Å²) in [6.07, 6.45) is 0. The first-order chi connectivity index (χ1) is 7.02. The van der Waals surface area contributed by atoms with Crippen LogP contribution in [0.3, 0.4) is 0 Å². The molecule has 0 bridgehead atoms. The molecule has 15 heavy (non-hydrogen) atoms. The molecule has 82 valence electrons. The molecular formula is C8H11N3O4. The van der Waals surface area contributed by atoms with E-state index >= 15 is 0 Å². The fraction of sp³-hybridized carbons (Fsp3) is 0.375. The Morgan fingerprint density at radius 3 is 2.73 bits per heavy atom. The molecule has 1 atom stereocenters. The fourth-order valence-electron chi connectivity index (χ4n) is 0.938. The molecule has 0 aliphatic heterocycles. The summed E-state index contributed by atoms with van der Waals surface area (Å²) < 4.78 is 0. The molecule has 1 aromatic heterocycles. The van der Waals surface area contributed by atoms with E-state index in [1.165, 1.54) is 0 Å². The van der Waals surface area contributed by atoms with Gasteiger partial charge in [0, 0.05) is 12.1 Å². The van der Waals surface area contributed by atoms with Gasteiger partial charge in [0.25, 0.3) is 11.5 Å². The molecule has 0 aliphatic rings. The lowest BCUT2D eigenvalue weighted by atomic mass is 10.3. The lowest BCUT2D eigenvalue weighted by molar-refractivity contribution is 0.0916. The van der Waals surface area contributed by atoms with Gasteiger partial charge in [0.15, 0.2) is 0 Å². The Balaban J connectivity index is 2.92. The van der Waals surface area contributed by atoms with E-state index in [0.29, 0.717) is 0 Å². The summed E-state index contributed by atoms with van der Waals surface area (Å²) in [5.74, 6) is -0.611. The molecule has 0 fully saturated rings. The first-order valence-corrected chi connectivity index (χ1v) is 4.28. The molecule has 4 N–H and O–H groups in total. The van der Waals surface area contributed by atoms with Crippen molar-refractivity contribution in [3.8, 4) is 0 Å². The van der Waals surface area contributed by atoms with Gasteiger partial charge >= 0.3 is 5.69 Å². The molecule has 1 amide bonds. The lowest BCUT2D eigenvalue weighted by Crippen LogP contribution is -2.37. The highest BCUT2D eigenvalue weighted by Crippen LogP contribution is 1.87. The Kier molecular flexibility index (Phi) is 3.40. The molecule has 0 radical (unpaired) electrons. The summed E-state index contributed by atoms with van der Waals surface area (Å²) in [5.41, 5.74) is -1.53. The second-order valence-electron chi connectivity index (χ2n) is 3.06. The summed E-state index contributed by atoms with van der Waals surface area (Å²) in [7, 11) is 0. The van der Waals surface area contributed by atoms with Crippen molar-refractivity contribution < 1.29 is 9.90 Å². The number of hydrogen-bond acceptors (Lipinski definition) is 4. The largest absolute Gasteiger partial charge is 0.394 e. The van der Waals surface area contributed by atoms with Crippen LogP contribution in [0, 0.1) is 0 Å². The topological polar surface area (TPSA) is 115 Å². The quantitative estimate of drug-likeness (QED) is 0.473. The number of H-pyrrole nitrogens is 2. The highest BCUT2D eigenvalue weighted by atomic mass is 16.3. The average molecular weight is 213 g/mol. The Morgan fingerprint density at radius 2 is 2.20 bits per heavy atom. The van der Waals surface area contributed by atoms with E-state index in [-0.39, 0.29) is 12.3 Å². The van der Waals surface area contributed by atoms with Gasteiger partial charge in [-0.15, -0.1) is 0 Å². The third kappa shape index (κ3) is 3.06. The molecule has 7 nitrogen and oxygen atoms in total. The van der Waals surface area contributed by atoms with E-state index in [4.69, 9.17) is 5.11 Å². The molecule has 1 heterocycles. The lowest BCUT2D eigenvalue weighted by Gasteiger charge is -2.09. The molecule has 0 aliphatic carbocycles. The number of carbonyl (C=O) groups excluding carboxylic acids is 1. The van der Waals surface area contributed by atoms with E-state index in [1.807, 2.05) is 4.98 Å². The first-order valence-electron chi connectivity index (χ1n) is 4.28. The van der Waals surface area contributed by atoms with Crippen LogP contribution in [0.15, 0.2) is 15.7 Å². The zero-order valence-electron chi connectivity index (χ0n) is 8.03. The normalized spacial score (nSPS) is 12.1. The van der Waals surface area contributed by atoms with Crippen molar-refractivity contribution in [2.24, 2.45) is 0 Å². The second kappa shape index (κ2) is 4.56. The summed E-state index contributed by atoms with van der Waals surface area (Å²) in [5, 5.41) is 11.1. The average Bonchev–Trinajstić information content (AvgIpc) is 2.16.